The van der Waals surface area contributed by atoms with Crippen LogP contribution in [0.1, 0.15) is 63.0 Å². The van der Waals surface area contributed by atoms with Crippen LogP contribution in [0.25, 0.3) is 0 Å². The van der Waals surface area contributed by atoms with Crippen LogP contribution in [-0.2, 0) is 11.0 Å². The average Bonchev–Trinajstić information content (AvgIpc) is 2.39. The Bertz CT molecular complexity index is 467. The number of aryl methyl sites for hydroxylation is 2. The third-order valence-corrected chi connectivity index (χ3v) is 3.92. The summed E-state index contributed by atoms with van der Waals surface area (Å²) in [7, 11) is -4.49. The molecule has 5 heteroatoms. The fourth-order valence-corrected chi connectivity index (χ4v) is 2.83. The third kappa shape index (κ3) is 8.25. The summed E-state index contributed by atoms with van der Waals surface area (Å²) < 4.78 is 15.8. The van der Waals surface area contributed by atoms with Gasteiger partial charge in [0.15, 0.2) is 0 Å². The van der Waals surface area contributed by atoms with E-state index in [1.807, 2.05) is 13.0 Å². The van der Waals surface area contributed by atoms with E-state index < -0.39 is 7.82 Å². The molecule has 0 aromatic heterocycles. The minimum Gasteiger partial charge on any atom is -0.404 e. The molecule has 21 heavy (non-hydrogen) atoms. The Balaban J connectivity index is 2.46. The van der Waals surface area contributed by atoms with Gasteiger partial charge in [0.2, 0.25) is 0 Å². The van der Waals surface area contributed by atoms with Crippen molar-refractivity contribution in [1.29, 1.82) is 0 Å². The van der Waals surface area contributed by atoms with E-state index in [-0.39, 0.29) is 0 Å². The largest absolute Gasteiger partial charge is 0.524 e. The normalized spacial score (nSPS) is 11.6. The van der Waals surface area contributed by atoms with E-state index in [4.69, 9.17) is 14.3 Å². The van der Waals surface area contributed by atoms with Crippen molar-refractivity contribution in [1.82, 2.24) is 0 Å². The van der Waals surface area contributed by atoms with Crippen molar-refractivity contribution in [3.63, 3.8) is 0 Å². The fraction of sp³-hybridized carbons (Fsp3) is 0.625. The molecular formula is C16H27O4P. The van der Waals surface area contributed by atoms with E-state index in [9.17, 15) is 4.57 Å². The van der Waals surface area contributed by atoms with Crippen LogP contribution < -0.4 is 4.52 Å². The van der Waals surface area contributed by atoms with E-state index in [1.54, 1.807) is 12.1 Å². The first kappa shape index (κ1) is 18.2. The lowest BCUT2D eigenvalue weighted by Crippen LogP contribution is -1.96. The first-order valence-electron chi connectivity index (χ1n) is 7.77. The van der Waals surface area contributed by atoms with Crippen LogP contribution in [0.3, 0.4) is 0 Å². The Labute approximate surface area is 127 Å². The van der Waals surface area contributed by atoms with Gasteiger partial charge in [0, 0.05) is 0 Å². The number of hydrogen-bond donors (Lipinski definition) is 2. The summed E-state index contributed by atoms with van der Waals surface area (Å²) in [5, 5.41) is 0. The molecule has 0 unspecified atom stereocenters. The SMILES string of the molecule is CCCCCCCCCc1cc(C)ccc1OP(=O)(O)O. The van der Waals surface area contributed by atoms with Gasteiger partial charge < -0.3 is 4.52 Å². The van der Waals surface area contributed by atoms with Crippen molar-refractivity contribution in [3.8, 4) is 5.75 Å². The van der Waals surface area contributed by atoms with Gasteiger partial charge in [0.25, 0.3) is 0 Å². The molecular weight excluding hydrogens is 287 g/mol. The summed E-state index contributed by atoms with van der Waals surface area (Å²) in [6.07, 6.45) is 9.32. The lowest BCUT2D eigenvalue weighted by Gasteiger charge is -2.12. The van der Waals surface area contributed by atoms with E-state index >= 15 is 0 Å². The average molecular weight is 314 g/mol. The monoisotopic (exact) mass is 314 g/mol. The molecule has 0 aliphatic carbocycles. The number of hydrogen-bond acceptors (Lipinski definition) is 2. The Morgan fingerprint density at radius 2 is 1.67 bits per heavy atom. The second kappa shape index (κ2) is 9.24. The van der Waals surface area contributed by atoms with Crippen LogP contribution in [-0.4, -0.2) is 9.79 Å². The quantitative estimate of drug-likeness (QED) is 0.482. The highest BCUT2D eigenvalue weighted by molar-refractivity contribution is 7.46. The van der Waals surface area contributed by atoms with E-state index in [1.165, 1.54) is 32.1 Å². The van der Waals surface area contributed by atoms with Crippen molar-refractivity contribution < 1.29 is 18.9 Å². The maximum atomic E-state index is 11.0. The fourth-order valence-electron chi connectivity index (χ4n) is 2.39. The molecule has 1 aromatic carbocycles. The molecule has 0 aliphatic heterocycles. The topological polar surface area (TPSA) is 66.8 Å². The molecule has 0 bridgehead atoms. The zero-order valence-electron chi connectivity index (χ0n) is 13.0. The molecule has 0 saturated carbocycles. The highest BCUT2D eigenvalue weighted by Gasteiger charge is 2.18. The van der Waals surface area contributed by atoms with Gasteiger partial charge in [-0.1, -0.05) is 63.1 Å². The van der Waals surface area contributed by atoms with Gasteiger partial charge in [0.1, 0.15) is 5.75 Å². The van der Waals surface area contributed by atoms with Gasteiger partial charge >= 0.3 is 7.82 Å². The molecule has 2 N–H and O–H groups in total. The molecule has 0 amide bonds. The number of phosphoric acid groups is 1. The lowest BCUT2D eigenvalue weighted by molar-refractivity contribution is 0.282. The molecule has 0 saturated heterocycles. The van der Waals surface area contributed by atoms with Crippen molar-refractivity contribution in [2.75, 3.05) is 0 Å². The smallest absolute Gasteiger partial charge is 0.404 e. The van der Waals surface area contributed by atoms with Crippen molar-refractivity contribution in [2.45, 2.75) is 65.2 Å². The Hall–Kier alpha value is -0.830. The van der Waals surface area contributed by atoms with Gasteiger partial charge in [0.05, 0.1) is 0 Å². The molecule has 1 rings (SSSR count). The zero-order valence-corrected chi connectivity index (χ0v) is 13.9. The van der Waals surface area contributed by atoms with E-state index in [2.05, 4.69) is 6.92 Å². The zero-order chi connectivity index (χ0) is 15.7. The van der Waals surface area contributed by atoms with Gasteiger partial charge in [-0.15, -0.1) is 0 Å². The standard InChI is InChI=1S/C16H27O4P/c1-3-4-5-6-7-8-9-10-15-13-14(2)11-12-16(15)20-21(17,18)19/h11-13H,3-10H2,1-2H3,(H2,17,18,19). The van der Waals surface area contributed by atoms with Gasteiger partial charge in [-0.05, 0) is 31.4 Å². The summed E-state index contributed by atoms with van der Waals surface area (Å²) in [4.78, 5) is 17.9. The van der Waals surface area contributed by atoms with E-state index in [0.29, 0.717) is 5.75 Å². The van der Waals surface area contributed by atoms with Crippen molar-refractivity contribution in [3.05, 3.63) is 29.3 Å². The minimum atomic E-state index is -4.49. The summed E-state index contributed by atoms with van der Waals surface area (Å²) in [6.45, 7) is 4.18. The van der Waals surface area contributed by atoms with Crippen LogP contribution in [0.4, 0.5) is 0 Å². The number of rotatable bonds is 10. The van der Waals surface area contributed by atoms with Gasteiger partial charge in [-0.2, -0.15) is 0 Å². The Morgan fingerprint density at radius 3 is 2.29 bits per heavy atom. The van der Waals surface area contributed by atoms with Crippen molar-refractivity contribution in [2.24, 2.45) is 0 Å². The maximum Gasteiger partial charge on any atom is 0.524 e. The number of benzene rings is 1. The van der Waals surface area contributed by atoms with Crippen LogP contribution in [0.15, 0.2) is 18.2 Å². The summed E-state index contributed by atoms with van der Waals surface area (Å²) in [6, 6.07) is 5.40. The van der Waals surface area contributed by atoms with Crippen LogP contribution in [0, 0.1) is 6.92 Å². The Kier molecular flexibility index (Phi) is 8.02. The molecule has 0 heterocycles. The molecule has 120 valence electrons. The summed E-state index contributed by atoms with van der Waals surface area (Å²) >= 11 is 0. The lowest BCUT2D eigenvalue weighted by atomic mass is 10.0. The highest BCUT2D eigenvalue weighted by Crippen LogP contribution is 2.39. The molecule has 4 nitrogen and oxygen atoms in total. The molecule has 0 radical (unpaired) electrons. The molecule has 0 spiro atoms. The highest BCUT2D eigenvalue weighted by atomic mass is 31.2. The summed E-state index contributed by atoms with van der Waals surface area (Å²) in [5.74, 6) is 0.305. The first-order chi connectivity index (χ1) is 9.92. The van der Waals surface area contributed by atoms with E-state index in [0.717, 1.165) is 30.4 Å². The molecule has 0 aliphatic rings. The second-order valence-electron chi connectivity index (χ2n) is 5.56. The maximum absolute atomic E-state index is 11.0. The molecule has 0 atom stereocenters. The number of unbranched alkanes of at least 4 members (excludes halogenated alkanes) is 6. The summed E-state index contributed by atoms with van der Waals surface area (Å²) in [5.41, 5.74) is 1.96. The predicted octanol–water partition coefficient (Wildman–Crippen LogP) is 4.76. The number of phosphoric ester groups is 1. The third-order valence-electron chi connectivity index (χ3n) is 3.48. The molecule has 0 fully saturated rings. The first-order valence-corrected chi connectivity index (χ1v) is 9.30. The van der Waals surface area contributed by atoms with Crippen LogP contribution in [0.2, 0.25) is 0 Å². The predicted molar refractivity (Wildman–Crippen MR) is 85.5 cm³/mol. The Morgan fingerprint density at radius 1 is 1.05 bits per heavy atom. The molecule has 1 aromatic rings. The van der Waals surface area contributed by atoms with Crippen molar-refractivity contribution >= 4 is 7.82 Å². The van der Waals surface area contributed by atoms with Crippen LogP contribution in [0.5, 0.6) is 5.75 Å². The van der Waals surface area contributed by atoms with Gasteiger partial charge in [-0.25, -0.2) is 4.57 Å². The van der Waals surface area contributed by atoms with Crippen LogP contribution >= 0.6 is 7.82 Å². The van der Waals surface area contributed by atoms with Gasteiger partial charge in [-0.3, -0.25) is 9.79 Å². The minimum absolute atomic E-state index is 0.305. The second-order valence-corrected chi connectivity index (χ2v) is 6.73.